The third-order valence-electron chi connectivity index (χ3n) is 2.25. The van der Waals surface area contributed by atoms with Gasteiger partial charge in [-0.05, 0) is 12.1 Å². The van der Waals surface area contributed by atoms with Crippen LogP contribution in [0.1, 0.15) is 0 Å². The van der Waals surface area contributed by atoms with Gasteiger partial charge in [0.1, 0.15) is 0 Å². The molecule has 0 amide bonds. The summed E-state index contributed by atoms with van der Waals surface area (Å²) in [7, 11) is -2.54. The van der Waals surface area contributed by atoms with Crippen molar-refractivity contribution in [1.29, 1.82) is 0 Å². The Bertz CT molecular complexity index is 167. The van der Waals surface area contributed by atoms with E-state index in [-0.39, 0.29) is 0 Å². The van der Waals surface area contributed by atoms with Gasteiger partial charge in [0.15, 0.2) is 8.38 Å². The minimum atomic E-state index is -0.949. The summed E-state index contributed by atoms with van der Waals surface area (Å²) in [5, 5.41) is 0. The summed E-state index contributed by atoms with van der Waals surface area (Å²) in [5.41, 5.74) is 0. The summed E-state index contributed by atoms with van der Waals surface area (Å²) in [6, 6.07) is 2.47. The lowest BCUT2D eigenvalue weighted by molar-refractivity contribution is 0.272. The van der Waals surface area contributed by atoms with Crippen molar-refractivity contribution >= 4 is 24.5 Å². The van der Waals surface area contributed by atoms with Crippen LogP contribution in [0.2, 0.25) is 51.4 Å². The molecular formula is C11H29O2PSi2. The summed E-state index contributed by atoms with van der Waals surface area (Å²) in [5.74, 6) is 0. The van der Waals surface area contributed by atoms with Crippen LogP contribution in [0.3, 0.4) is 0 Å². The van der Waals surface area contributed by atoms with Gasteiger partial charge in [0.25, 0.3) is 0 Å². The summed E-state index contributed by atoms with van der Waals surface area (Å²) in [6.45, 7) is 18.1. The first kappa shape index (κ1) is 16.8. The smallest absolute Gasteiger partial charge is 0.167 e. The molecule has 0 bridgehead atoms. The fraction of sp³-hybridized carbons (Fsp3) is 1.00. The van der Waals surface area contributed by atoms with E-state index >= 15 is 0 Å². The van der Waals surface area contributed by atoms with Gasteiger partial charge >= 0.3 is 0 Å². The summed E-state index contributed by atoms with van der Waals surface area (Å²) in [6.07, 6.45) is 0. The molecule has 0 fully saturated rings. The van der Waals surface area contributed by atoms with E-state index in [1.165, 1.54) is 12.1 Å². The van der Waals surface area contributed by atoms with Crippen molar-refractivity contribution in [2.24, 2.45) is 0 Å². The molecule has 0 aromatic carbocycles. The molecule has 0 rings (SSSR count). The average molecular weight is 280 g/mol. The molecule has 0 aromatic rings. The van der Waals surface area contributed by atoms with Crippen LogP contribution in [0, 0.1) is 0 Å². The van der Waals surface area contributed by atoms with Crippen LogP contribution in [0.15, 0.2) is 0 Å². The van der Waals surface area contributed by atoms with Gasteiger partial charge in [-0.2, -0.15) is 0 Å². The normalized spacial score (nSPS) is 13.5. The van der Waals surface area contributed by atoms with E-state index in [4.69, 9.17) is 9.05 Å². The summed E-state index contributed by atoms with van der Waals surface area (Å²) >= 11 is 0. The average Bonchev–Trinajstić information content (AvgIpc) is 1.98. The summed E-state index contributed by atoms with van der Waals surface area (Å²) < 4.78 is 11.5. The van der Waals surface area contributed by atoms with Gasteiger partial charge in [0, 0.05) is 22.8 Å². The molecule has 0 aliphatic carbocycles. The highest BCUT2D eigenvalue weighted by molar-refractivity contribution is 7.46. The quantitative estimate of drug-likeness (QED) is 0.476. The molecule has 0 aromatic heterocycles. The topological polar surface area (TPSA) is 18.5 Å². The lowest BCUT2D eigenvalue weighted by Gasteiger charge is -2.20. The predicted molar refractivity (Wildman–Crippen MR) is 81.1 cm³/mol. The van der Waals surface area contributed by atoms with Crippen molar-refractivity contribution in [3.05, 3.63) is 0 Å². The first-order valence-corrected chi connectivity index (χ1v) is 15.1. The maximum Gasteiger partial charge on any atom is 0.167 e. The highest BCUT2D eigenvalue weighted by Gasteiger charge is 2.15. The lowest BCUT2D eigenvalue weighted by atomic mass is 10.9. The minimum absolute atomic E-state index is 0.642. The van der Waals surface area contributed by atoms with Crippen LogP contribution in [0.5, 0.6) is 0 Å². The van der Waals surface area contributed by atoms with Crippen molar-refractivity contribution in [3.8, 4) is 0 Å². The van der Waals surface area contributed by atoms with Gasteiger partial charge in [0.05, 0.1) is 13.2 Å². The Morgan fingerprint density at radius 3 is 1.31 bits per heavy atom. The monoisotopic (exact) mass is 280 g/mol. The largest absolute Gasteiger partial charge is 0.335 e. The van der Waals surface area contributed by atoms with Crippen LogP contribution in [-0.2, 0) is 9.05 Å². The summed E-state index contributed by atoms with van der Waals surface area (Å²) in [4.78, 5) is 0. The Kier molecular flexibility index (Phi) is 7.63. The predicted octanol–water partition coefficient (Wildman–Crippen LogP) is 4.64. The molecule has 0 aliphatic rings. The number of hydrogen-bond acceptors (Lipinski definition) is 2. The van der Waals surface area contributed by atoms with E-state index in [9.17, 15) is 0 Å². The van der Waals surface area contributed by atoms with E-state index < -0.39 is 24.5 Å². The van der Waals surface area contributed by atoms with Crippen molar-refractivity contribution in [2.75, 3.05) is 19.9 Å². The minimum Gasteiger partial charge on any atom is -0.335 e. The van der Waals surface area contributed by atoms with E-state index in [0.29, 0.717) is 0 Å². The van der Waals surface area contributed by atoms with E-state index in [0.717, 1.165) is 13.2 Å². The fourth-order valence-electron chi connectivity index (χ4n) is 0.998. The van der Waals surface area contributed by atoms with Gasteiger partial charge < -0.3 is 9.05 Å². The van der Waals surface area contributed by atoms with E-state index in [2.05, 4.69) is 45.9 Å². The molecule has 0 saturated heterocycles. The Morgan fingerprint density at radius 2 is 1.06 bits per heavy atom. The molecule has 0 spiro atoms. The van der Waals surface area contributed by atoms with Crippen molar-refractivity contribution in [2.45, 2.75) is 51.4 Å². The maximum atomic E-state index is 5.73. The molecule has 0 unspecified atom stereocenters. The van der Waals surface area contributed by atoms with Gasteiger partial charge in [-0.15, -0.1) is 0 Å². The van der Waals surface area contributed by atoms with Gasteiger partial charge in [0.2, 0.25) is 0 Å². The highest BCUT2D eigenvalue weighted by atomic mass is 31.2. The second kappa shape index (κ2) is 7.27. The molecule has 0 radical (unpaired) electrons. The third kappa shape index (κ3) is 12.9. The Balaban J connectivity index is 3.49. The first-order chi connectivity index (χ1) is 7.10. The second-order valence-corrected chi connectivity index (χ2v) is 19.4. The van der Waals surface area contributed by atoms with E-state index in [1.54, 1.807) is 0 Å². The Labute approximate surface area is 105 Å². The SMILES string of the molecule is CP(OCC[Si](C)(C)C)OCC[Si](C)(C)C. The molecular weight excluding hydrogens is 251 g/mol. The number of rotatable bonds is 8. The van der Waals surface area contributed by atoms with Crippen LogP contribution in [0.25, 0.3) is 0 Å². The van der Waals surface area contributed by atoms with Crippen molar-refractivity contribution in [1.82, 2.24) is 0 Å². The van der Waals surface area contributed by atoms with Crippen molar-refractivity contribution in [3.63, 3.8) is 0 Å². The van der Waals surface area contributed by atoms with Gasteiger partial charge in [-0.1, -0.05) is 39.3 Å². The zero-order valence-electron chi connectivity index (χ0n) is 12.1. The molecule has 2 nitrogen and oxygen atoms in total. The highest BCUT2D eigenvalue weighted by Crippen LogP contribution is 2.34. The fourth-order valence-corrected chi connectivity index (χ4v) is 3.54. The van der Waals surface area contributed by atoms with Crippen LogP contribution in [0.4, 0.5) is 0 Å². The molecule has 0 heterocycles. The zero-order chi connectivity index (χ0) is 12.8. The van der Waals surface area contributed by atoms with Crippen molar-refractivity contribution < 1.29 is 9.05 Å². The Hall–Kier alpha value is 0.784. The molecule has 16 heavy (non-hydrogen) atoms. The molecule has 5 heteroatoms. The zero-order valence-corrected chi connectivity index (χ0v) is 15.0. The van der Waals surface area contributed by atoms with Gasteiger partial charge in [-0.25, -0.2) is 0 Å². The standard InChI is InChI=1S/C11H29O2PSi2/c1-14(12-8-10-15(2,3)4)13-9-11-16(5,6)7/h8-11H2,1-7H3. The van der Waals surface area contributed by atoms with Crippen LogP contribution < -0.4 is 0 Å². The van der Waals surface area contributed by atoms with E-state index in [1.807, 2.05) is 0 Å². The van der Waals surface area contributed by atoms with Crippen LogP contribution in [-0.4, -0.2) is 36.0 Å². The van der Waals surface area contributed by atoms with Crippen LogP contribution >= 0.6 is 8.38 Å². The lowest BCUT2D eigenvalue weighted by Crippen LogP contribution is -2.22. The molecule has 0 N–H and O–H groups in total. The maximum absolute atomic E-state index is 5.73. The van der Waals surface area contributed by atoms with Gasteiger partial charge in [-0.3, -0.25) is 0 Å². The molecule has 0 saturated carbocycles. The third-order valence-corrected chi connectivity index (χ3v) is 6.75. The number of hydrogen-bond donors (Lipinski definition) is 0. The second-order valence-electron chi connectivity index (χ2n) is 6.73. The molecule has 0 atom stereocenters. The molecule has 98 valence electrons. The molecule has 0 aliphatic heterocycles. The Morgan fingerprint density at radius 1 is 0.750 bits per heavy atom. The first-order valence-electron chi connectivity index (χ1n) is 6.10.